The smallest absolute Gasteiger partial charge is 0.280 e. The van der Waals surface area contributed by atoms with Crippen LogP contribution in [-0.2, 0) is 6.61 Å². The van der Waals surface area contributed by atoms with E-state index in [1.807, 2.05) is 55.5 Å². The molecule has 0 saturated heterocycles. The zero-order valence-electron chi connectivity index (χ0n) is 13.4. The molecule has 1 aliphatic heterocycles. The fourth-order valence-corrected chi connectivity index (χ4v) is 2.85. The second-order valence-electron chi connectivity index (χ2n) is 5.83. The second-order valence-corrected chi connectivity index (χ2v) is 5.83. The molecule has 5 heteroatoms. The topological polar surface area (TPSA) is 55.6 Å². The maximum absolute atomic E-state index is 12.8. The van der Waals surface area contributed by atoms with Crippen LogP contribution in [0.15, 0.2) is 53.1 Å². The predicted octanol–water partition coefficient (Wildman–Crippen LogP) is 3.82. The number of para-hydroxylation sites is 1. The maximum atomic E-state index is 12.8. The van der Waals surface area contributed by atoms with Crippen molar-refractivity contribution in [1.82, 2.24) is 5.16 Å². The van der Waals surface area contributed by atoms with E-state index in [0.29, 0.717) is 17.0 Å². The predicted molar refractivity (Wildman–Crippen MR) is 90.2 cm³/mol. The van der Waals surface area contributed by atoms with Gasteiger partial charge in [-0.25, -0.2) is 0 Å². The average molecular weight is 320 g/mol. The highest BCUT2D eigenvalue weighted by Crippen LogP contribution is 2.39. The third-order valence-electron chi connectivity index (χ3n) is 4.19. The van der Waals surface area contributed by atoms with Gasteiger partial charge in [-0.05, 0) is 31.2 Å². The number of carbonyl (C=O) groups is 1. The first-order chi connectivity index (χ1) is 11.6. The van der Waals surface area contributed by atoms with Gasteiger partial charge in [0, 0.05) is 12.7 Å². The standard InChI is InChI=1S/C19H16N2O3/c1-12-8-9-16-14(10-12)18-15(11-23-16)17(20-24-18)19(22)21(2)13-6-4-3-5-7-13/h3-10H,11H2,1-2H3. The summed E-state index contributed by atoms with van der Waals surface area (Å²) in [6.45, 7) is 2.28. The Morgan fingerprint density at radius 3 is 2.75 bits per heavy atom. The van der Waals surface area contributed by atoms with E-state index in [4.69, 9.17) is 9.26 Å². The van der Waals surface area contributed by atoms with Gasteiger partial charge in [0.15, 0.2) is 11.5 Å². The number of benzene rings is 2. The van der Waals surface area contributed by atoms with Crippen molar-refractivity contribution in [2.45, 2.75) is 13.5 Å². The third kappa shape index (κ3) is 2.25. The quantitative estimate of drug-likeness (QED) is 0.720. The van der Waals surface area contributed by atoms with Gasteiger partial charge < -0.3 is 14.2 Å². The van der Waals surface area contributed by atoms with Gasteiger partial charge in [-0.2, -0.15) is 0 Å². The highest BCUT2D eigenvalue weighted by Gasteiger charge is 2.30. The van der Waals surface area contributed by atoms with Crippen molar-refractivity contribution in [3.05, 3.63) is 65.4 Å². The lowest BCUT2D eigenvalue weighted by atomic mass is 10.0. The number of nitrogens with zero attached hydrogens (tertiary/aromatic N) is 2. The van der Waals surface area contributed by atoms with Gasteiger partial charge in [0.25, 0.3) is 5.91 Å². The summed E-state index contributed by atoms with van der Waals surface area (Å²) in [6, 6.07) is 15.3. The van der Waals surface area contributed by atoms with Gasteiger partial charge in [0.2, 0.25) is 0 Å². The van der Waals surface area contributed by atoms with Crippen LogP contribution in [0.3, 0.4) is 0 Å². The van der Waals surface area contributed by atoms with E-state index in [0.717, 1.165) is 22.6 Å². The van der Waals surface area contributed by atoms with Crippen LogP contribution in [0.5, 0.6) is 5.75 Å². The molecule has 1 amide bonds. The van der Waals surface area contributed by atoms with E-state index in [1.165, 1.54) is 0 Å². The molecule has 0 spiro atoms. The van der Waals surface area contributed by atoms with E-state index in [9.17, 15) is 4.79 Å². The number of aryl methyl sites for hydroxylation is 1. The number of rotatable bonds is 2. The Balaban J connectivity index is 1.74. The molecule has 2 aromatic carbocycles. The Morgan fingerprint density at radius 2 is 1.96 bits per heavy atom. The van der Waals surface area contributed by atoms with Crippen LogP contribution in [0.1, 0.15) is 21.6 Å². The lowest BCUT2D eigenvalue weighted by molar-refractivity contribution is 0.0982. The largest absolute Gasteiger partial charge is 0.488 e. The van der Waals surface area contributed by atoms with Gasteiger partial charge in [0.1, 0.15) is 12.4 Å². The molecule has 0 saturated carbocycles. The van der Waals surface area contributed by atoms with Crippen LogP contribution >= 0.6 is 0 Å². The molecule has 2 heterocycles. The van der Waals surface area contributed by atoms with Crippen LogP contribution in [0.25, 0.3) is 11.3 Å². The minimum atomic E-state index is -0.217. The fourth-order valence-electron chi connectivity index (χ4n) is 2.85. The lowest BCUT2D eigenvalue weighted by Crippen LogP contribution is -2.27. The molecule has 5 nitrogen and oxygen atoms in total. The van der Waals surface area contributed by atoms with Gasteiger partial charge in [0.05, 0.1) is 11.1 Å². The van der Waals surface area contributed by atoms with E-state index < -0.39 is 0 Å². The number of ether oxygens (including phenoxy) is 1. The van der Waals surface area contributed by atoms with E-state index in [2.05, 4.69) is 5.16 Å². The summed E-state index contributed by atoms with van der Waals surface area (Å²) in [5, 5.41) is 4.03. The number of amides is 1. The van der Waals surface area contributed by atoms with E-state index in [-0.39, 0.29) is 12.5 Å². The Bertz CT molecular complexity index is 916. The lowest BCUT2D eigenvalue weighted by Gasteiger charge is -2.19. The molecule has 120 valence electrons. The molecule has 24 heavy (non-hydrogen) atoms. The first kappa shape index (κ1) is 14.5. The highest BCUT2D eigenvalue weighted by molar-refractivity contribution is 6.06. The van der Waals surface area contributed by atoms with Crippen LogP contribution in [-0.4, -0.2) is 18.1 Å². The SMILES string of the molecule is Cc1ccc2c(c1)-c1onc(C(=O)N(C)c3ccccc3)c1CO2. The van der Waals surface area contributed by atoms with Crippen LogP contribution in [0, 0.1) is 6.92 Å². The molecule has 0 fully saturated rings. The molecule has 1 aliphatic rings. The summed E-state index contributed by atoms with van der Waals surface area (Å²) in [5.74, 6) is 1.15. The molecular weight excluding hydrogens is 304 g/mol. The fraction of sp³-hybridized carbons (Fsp3) is 0.158. The number of fused-ring (bicyclic) bond motifs is 3. The zero-order chi connectivity index (χ0) is 16.7. The summed E-state index contributed by atoms with van der Waals surface area (Å²) < 4.78 is 11.3. The van der Waals surface area contributed by atoms with Crippen molar-refractivity contribution >= 4 is 11.6 Å². The number of anilines is 1. The summed E-state index contributed by atoms with van der Waals surface area (Å²) in [7, 11) is 1.72. The van der Waals surface area contributed by atoms with Crippen LogP contribution in [0.4, 0.5) is 5.69 Å². The molecule has 3 aromatic rings. The van der Waals surface area contributed by atoms with Crippen molar-refractivity contribution in [2.24, 2.45) is 0 Å². The average Bonchev–Trinajstić information content (AvgIpc) is 3.05. The maximum Gasteiger partial charge on any atom is 0.280 e. The Kier molecular flexibility index (Phi) is 3.34. The first-order valence-electron chi connectivity index (χ1n) is 7.70. The second kappa shape index (κ2) is 5.53. The molecule has 0 N–H and O–H groups in total. The van der Waals surface area contributed by atoms with Gasteiger partial charge in [-0.3, -0.25) is 4.79 Å². The van der Waals surface area contributed by atoms with E-state index >= 15 is 0 Å². The first-order valence-corrected chi connectivity index (χ1v) is 7.70. The van der Waals surface area contributed by atoms with Gasteiger partial charge >= 0.3 is 0 Å². The Labute approximate surface area is 139 Å². The third-order valence-corrected chi connectivity index (χ3v) is 4.19. The molecular formula is C19H16N2O3. The summed E-state index contributed by atoms with van der Waals surface area (Å²) in [6.07, 6.45) is 0. The van der Waals surface area contributed by atoms with Crippen LogP contribution in [0.2, 0.25) is 0 Å². The Hall–Kier alpha value is -3.08. The van der Waals surface area contributed by atoms with Crippen LogP contribution < -0.4 is 9.64 Å². The molecule has 0 bridgehead atoms. The number of aromatic nitrogens is 1. The highest BCUT2D eigenvalue weighted by atomic mass is 16.5. The number of carbonyl (C=O) groups excluding carboxylic acids is 1. The molecule has 0 atom stereocenters. The van der Waals surface area contributed by atoms with Gasteiger partial charge in [-0.1, -0.05) is 35.0 Å². The summed E-state index contributed by atoms with van der Waals surface area (Å²) in [5.41, 5.74) is 3.72. The number of hydrogen-bond acceptors (Lipinski definition) is 4. The van der Waals surface area contributed by atoms with Crippen molar-refractivity contribution in [3.8, 4) is 17.1 Å². The Morgan fingerprint density at radius 1 is 1.17 bits per heavy atom. The molecule has 0 aliphatic carbocycles. The normalized spacial score (nSPS) is 12.1. The summed E-state index contributed by atoms with van der Waals surface area (Å²) >= 11 is 0. The zero-order valence-corrected chi connectivity index (χ0v) is 13.4. The minimum Gasteiger partial charge on any atom is -0.488 e. The van der Waals surface area contributed by atoms with Crippen molar-refractivity contribution in [3.63, 3.8) is 0 Å². The number of hydrogen-bond donors (Lipinski definition) is 0. The summed E-state index contributed by atoms with van der Waals surface area (Å²) in [4.78, 5) is 14.4. The monoisotopic (exact) mass is 320 g/mol. The molecule has 0 radical (unpaired) electrons. The van der Waals surface area contributed by atoms with Crippen molar-refractivity contribution < 1.29 is 14.1 Å². The molecule has 4 rings (SSSR count). The van der Waals surface area contributed by atoms with E-state index in [1.54, 1.807) is 11.9 Å². The van der Waals surface area contributed by atoms with Crippen molar-refractivity contribution in [2.75, 3.05) is 11.9 Å². The molecule has 1 aromatic heterocycles. The van der Waals surface area contributed by atoms with Crippen molar-refractivity contribution in [1.29, 1.82) is 0 Å². The minimum absolute atomic E-state index is 0.217. The van der Waals surface area contributed by atoms with Gasteiger partial charge in [-0.15, -0.1) is 0 Å². The molecule has 0 unspecified atom stereocenters.